The first-order valence-corrected chi connectivity index (χ1v) is 11.6. The van der Waals surface area contributed by atoms with Gasteiger partial charge in [-0.15, -0.1) is 0 Å². The molecule has 0 aliphatic heterocycles. The maximum Gasteiger partial charge on any atom is 0.270 e. The Morgan fingerprint density at radius 1 is 0.824 bits per heavy atom. The molecule has 0 saturated heterocycles. The number of amides is 3. The molecule has 0 radical (unpaired) electrons. The van der Waals surface area contributed by atoms with E-state index in [9.17, 15) is 14.4 Å². The van der Waals surface area contributed by atoms with Gasteiger partial charge in [0.1, 0.15) is 5.75 Å². The van der Waals surface area contributed by atoms with E-state index in [-0.39, 0.29) is 23.6 Å². The standard InChI is InChI=1S/C27H29N3O4/c1-34-22-15-13-20(14-16-22)25(31)28-17-18-9-11-21(12-10-18)26(32)29-30-27(33)24-8-4-6-19-5-2-3-7-23(19)24/h2-8,13-16,18,21H,9-12,17H2,1H3,(H,28,31)(H,29,32)(H,30,33). The lowest BCUT2D eigenvalue weighted by molar-refractivity contribution is -0.127. The highest BCUT2D eigenvalue weighted by Crippen LogP contribution is 2.28. The molecule has 1 aliphatic rings. The summed E-state index contributed by atoms with van der Waals surface area (Å²) in [6.45, 7) is 0.580. The molecule has 0 aromatic heterocycles. The molecule has 3 amide bonds. The van der Waals surface area contributed by atoms with Gasteiger partial charge in [0, 0.05) is 23.6 Å². The molecule has 0 bridgehead atoms. The van der Waals surface area contributed by atoms with E-state index in [0.29, 0.717) is 29.3 Å². The maximum atomic E-state index is 12.6. The number of benzene rings is 3. The van der Waals surface area contributed by atoms with Gasteiger partial charge in [-0.3, -0.25) is 25.2 Å². The highest BCUT2D eigenvalue weighted by molar-refractivity contribution is 6.07. The summed E-state index contributed by atoms with van der Waals surface area (Å²) in [6, 6.07) is 20.2. The van der Waals surface area contributed by atoms with Crippen LogP contribution in [-0.4, -0.2) is 31.4 Å². The first-order valence-electron chi connectivity index (χ1n) is 11.6. The first-order chi connectivity index (χ1) is 16.5. The number of rotatable bonds is 6. The molecule has 7 nitrogen and oxygen atoms in total. The molecule has 0 atom stereocenters. The quantitative estimate of drug-likeness (QED) is 0.488. The largest absolute Gasteiger partial charge is 0.497 e. The van der Waals surface area contributed by atoms with Crippen LogP contribution in [0.1, 0.15) is 46.4 Å². The molecule has 1 fully saturated rings. The van der Waals surface area contributed by atoms with Crippen LogP contribution in [0.2, 0.25) is 0 Å². The van der Waals surface area contributed by atoms with Gasteiger partial charge in [0.25, 0.3) is 11.8 Å². The van der Waals surface area contributed by atoms with Crippen molar-refractivity contribution in [1.29, 1.82) is 0 Å². The summed E-state index contributed by atoms with van der Waals surface area (Å²) in [5.74, 6) is 0.271. The van der Waals surface area contributed by atoms with Gasteiger partial charge < -0.3 is 10.1 Å². The van der Waals surface area contributed by atoms with Crippen molar-refractivity contribution < 1.29 is 19.1 Å². The fourth-order valence-corrected chi connectivity index (χ4v) is 4.42. The lowest BCUT2D eigenvalue weighted by Crippen LogP contribution is -2.45. The van der Waals surface area contributed by atoms with E-state index in [4.69, 9.17) is 4.74 Å². The smallest absolute Gasteiger partial charge is 0.270 e. The van der Waals surface area contributed by atoms with Crippen LogP contribution in [0, 0.1) is 11.8 Å². The minimum absolute atomic E-state index is 0.112. The van der Waals surface area contributed by atoms with Crippen LogP contribution in [0.5, 0.6) is 5.75 Å². The summed E-state index contributed by atoms with van der Waals surface area (Å²) < 4.78 is 5.12. The van der Waals surface area contributed by atoms with Crippen LogP contribution in [0.15, 0.2) is 66.7 Å². The van der Waals surface area contributed by atoms with Crippen molar-refractivity contribution in [1.82, 2.24) is 16.2 Å². The third-order valence-corrected chi connectivity index (χ3v) is 6.45. The molecule has 3 aromatic rings. The van der Waals surface area contributed by atoms with E-state index >= 15 is 0 Å². The minimum atomic E-state index is -0.333. The van der Waals surface area contributed by atoms with Crippen LogP contribution in [0.25, 0.3) is 10.8 Å². The molecule has 0 heterocycles. The molecular formula is C27H29N3O4. The normalized spacial score (nSPS) is 17.6. The molecule has 1 saturated carbocycles. The fourth-order valence-electron chi connectivity index (χ4n) is 4.42. The van der Waals surface area contributed by atoms with E-state index in [0.717, 1.165) is 36.5 Å². The number of ether oxygens (including phenoxy) is 1. The monoisotopic (exact) mass is 459 g/mol. The Labute approximate surface area is 198 Å². The second-order valence-electron chi connectivity index (χ2n) is 8.63. The molecule has 0 spiro atoms. The van der Waals surface area contributed by atoms with Gasteiger partial charge in [0.05, 0.1) is 7.11 Å². The van der Waals surface area contributed by atoms with E-state index in [1.54, 1.807) is 37.4 Å². The van der Waals surface area contributed by atoms with Crippen LogP contribution in [0.3, 0.4) is 0 Å². The summed E-state index contributed by atoms with van der Waals surface area (Å²) >= 11 is 0. The number of carbonyl (C=O) groups is 3. The Hall–Kier alpha value is -3.87. The van der Waals surface area contributed by atoms with Crippen LogP contribution >= 0.6 is 0 Å². The molecule has 4 rings (SSSR count). The van der Waals surface area contributed by atoms with Gasteiger partial charge in [0.15, 0.2) is 0 Å². The number of hydrogen-bond acceptors (Lipinski definition) is 4. The zero-order valence-corrected chi connectivity index (χ0v) is 19.2. The van der Waals surface area contributed by atoms with Gasteiger partial charge in [-0.25, -0.2) is 0 Å². The summed E-state index contributed by atoms with van der Waals surface area (Å²) in [5, 5.41) is 4.80. The van der Waals surface area contributed by atoms with E-state index < -0.39 is 0 Å². The highest BCUT2D eigenvalue weighted by atomic mass is 16.5. The molecule has 3 N–H and O–H groups in total. The number of nitrogens with one attached hydrogen (secondary N) is 3. The lowest BCUT2D eigenvalue weighted by atomic mass is 9.81. The molecule has 176 valence electrons. The summed E-state index contributed by atoms with van der Waals surface area (Å²) in [6.07, 6.45) is 3.13. The van der Waals surface area contributed by atoms with Crippen LogP contribution < -0.4 is 20.9 Å². The van der Waals surface area contributed by atoms with Crippen molar-refractivity contribution in [3.63, 3.8) is 0 Å². The topological polar surface area (TPSA) is 96.5 Å². The van der Waals surface area contributed by atoms with E-state index in [1.165, 1.54) is 0 Å². The van der Waals surface area contributed by atoms with Gasteiger partial charge in [-0.05, 0) is 72.7 Å². The number of carbonyl (C=O) groups excluding carboxylic acids is 3. The summed E-state index contributed by atoms with van der Waals surface area (Å²) in [5.41, 5.74) is 6.27. The maximum absolute atomic E-state index is 12.6. The molecule has 1 aliphatic carbocycles. The van der Waals surface area contributed by atoms with E-state index in [2.05, 4.69) is 16.2 Å². The van der Waals surface area contributed by atoms with Crippen molar-refractivity contribution in [2.45, 2.75) is 25.7 Å². The average Bonchev–Trinajstić information content (AvgIpc) is 2.90. The molecule has 34 heavy (non-hydrogen) atoms. The van der Waals surface area contributed by atoms with Crippen LogP contribution in [-0.2, 0) is 4.79 Å². The number of fused-ring (bicyclic) bond motifs is 1. The number of hydrogen-bond donors (Lipinski definition) is 3. The second kappa shape index (κ2) is 10.8. The van der Waals surface area contributed by atoms with Crippen molar-refractivity contribution in [2.75, 3.05) is 13.7 Å². The molecule has 7 heteroatoms. The van der Waals surface area contributed by atoms with Crippen LogP contribution in [0.4, 0.5) is 0 Å². The first kappa shape index (κ1) is 23.3. The summed E-state index contributed by atoms with van der Waals surface area (Å²) in [4.78, 5) is 37.6. The van der Waals surface area contributed by atoms with Crippen molar-refractivity contribution in [2.24, 2.45) is 11.8 Å². The highest BCUT2D eigenvalue weighted by Gasteiger charge is 2.27. The van der Waals surface area contributed by atoms with Gasteiger partial charge >= 0.3 is 0 Å². The Bertz CT molecular complexity index is 1160. The number of hydrazine groups is 1. The third-order valence-electron chi connectivity index (χ3n) is 6.45. The zero-order chi connectivity index (χ0) is 23.9. The van der Waals surface area contributed by atoms with E-state index in [1.807, 2.05) is 36.4 Å². The second-order valence-corrected chi connectivity index (χ2v) is 8.63. The predicted octanol–water partition coefficient (Wildman–Crippen LogP) is 3.85. The molecular weight excluding hydrogens is 430 g/mol. The fraction of sp³-hybridized carbons (Fsp3) is 0.296. The summed E-state index contributed by atoms with van der Waals surface area (Å²) in [7, 11) is 1.59. The Kier molecular flexibility index (Phi) is 7.42. The molecule has 3 aromatic carbocycles. The van der Waals surface area contributed by atoms with Crippen molar-refractivity contribution in [3.8, 4) is 5.75 Å². The Morgan fingerprint density at radius 2 is 1.53 bits per heavy atom. The molecule has 0 unspecified atom stereocenters. The predicted molar refractivity (Wildman–Crippen MR) is 130 cm³/mol. The van der Waals surface area contributed by atoms with Gasteiger partial charge in [-0.2, -0.15) is 0 Å². The lowest BCUT2D eigenvalue weighted by Gasteiger charge is -2.28. The van der Waals surface area contributed by atoms with Gasteiger partial charge in [-0.1, -0.05) is 36.4 Å². The third kappa shape index (κ3) is 5.54. The van der Waals surface area contributed by atoms with Gasteiger partial charge in [0.2, 0.25) is 5.91 Å². The van der Waals surface area contributed by atoms with Crippen molar-refractivity contribution in [3.05, 3.63) is 77.9 Å². The van der Waals surface area contributed by atoms with Crippen molar-refractivity contribution >= 4 is 28.5 Å². The number of methoxy groups -OCH3 is 1. The zero-order valence-electron chi connectivity index (χ0n) is 19.2. The average molecular weight is 460 g/mol. The Morgan fingerprint density at radius 3 is 2.26 bits per heavy atom. The minimum Gasteiger partial charge on any atom is -0.497 e. The SMILES string of the molecule is COc1ccc(C(=O)NCC2CCC(C(=O)NNC(=O)c3cccc4ccccc34)CC2)cc1. The Balaban J connectivity index is 1.21.